The van der Waals surface area contributed by atoms with Crippen molar-refractivity contribution < 1.29 is 14.6 Å². The number of carbonyl (C=O) groups is 1. The van der Waals surface area contributed by atoms with Crippen LogP contribution in [0.3, 0.4) is 0 Å². The predicted molar refractivity (Wildman–Crippen MR) is 59.0 cm³/mol. The fraction of sp³-hybridized carbons (Fsp3) is 0.300. The topological polar surface area (TPSA) is 72.5 Å². The maximum Gasteiger partial charge on any atom is 0.327 e. The Morgan fingerprint density at radius 2 is 2.13 bits per heavy atom. The van der Waals surface area contributed by atoms with Gasteiger partial charge in [0.2, 0.25) is 0 Å². The summed E-state index contributed by atoms with van der Waals surface area (Å²) in [5, 5.41) is 9.62. The molecule has 4 nitrogen and oxygen atoms in total. The summed E-state index contributed by atoms with van der Waals surface area (Å²) in [5.41, 5.74) is 6.65. The second-order valence-electron chi connectivity index (χ2n) is 3.01. The predicted octanol–water partition coefficient (Wildman–Crippen LogP) is 1.30. The molecule has 0 aromatic heterocycles. The van der Waals surface area contributed by atoms with Crippen LogP contribution < -0.4 is 5.73 Å². The minimum absolute atomic E-state index is 0. The van der Waals surface area contributed by atoms with Gasteiger partial charge in [0.1, 0.15) is 11.8 Å². The van der Waals surface area contributed by atoms with Crippen LogP contribution in [0, 0.1) is 6.92 Å². The van der Waals surface area contributed by atoms with Gasteiger partial charge in [-0.25, -0.2) is 0 Å². The Kier molecular flexibility index (Phi) is 5.11. The Bertz CT molecular complexity index is 355. The zero-order chi connectivity index (χ0) is 10.7. The van der Waals surface area contributed by atoms with Crippen molar-refractivity contribution in [1.29, 1.82) is 0 Å². The molecule has 0 aliphatic rings. The van der Waals surface area contributed by atoms with E-state index in [0.717, 1.165) is 0 Å². The van der Waals surface area contributed by atoms with E-state index in [1.165, 1.54) is 7.11 Å². The molecular weight excluding hydrogens is 218 g/mol. The third-order valence-electron chi connectivity index (χ3n) is 2.06. The van der Waals surface area contributed by atoms with Crippen molar-refractivity contribution in [3.8, 4) is 5.75 Å². The second kappa shape index (κ2) is 5.58. The van der Waals surface area contributed by atoms with Crippen LogP contribution in [0.25, 0.3) is 0 Å². The van der Waals surface area contributed by atoms with Gasteiger partial charge in [-0.15, -0.1) is 12.4 Å². The van der Waals surface area contributed by atoms with E-state index in [4.69, 9.17) is 5.73 Å². The average Bonchev–Trinajstić information content (AvgIpc) is 2.20. The van der Waals surface area contributed by atoms with Crippen LogP contribution in [0.1, 0.15) is 17.2 Å². The van der Waals surface area contributed by atoms with E-state index < -0.39 is 12.0 Å². The smallest absolute Gasteiger partial charge is 0.327 e. The minimum Gasteiger partial charge on any atom is -0.507 e. The molecule has 0 radical (unpaired) electrons. The molecule has 5 heteroatoms. The van der Waals surface area contributed by atoms with E-state index in [2.05, 4.69) is 4.74 Å². The van der Waals surface area contributed by atoms with Gasteiger partial charge in [-0.05, 0) is 12.5 Å². The van der Waals surface area contributed by atoms with Gasteiger partial charge in [-0.1, -0.05) is 18.2 Å². The fourth-order valence-electron chi connectivity index (χ4n) is 1.19. The summed E-state index contributed by atoms with van der Waals surface area (Å²) in [6.07, 6.45) is 0. The number of aromatic hydroxyl groups is 1. The maximum absolute atomic E-state index is 11.1. The Balaban J connectivity index is 0.00000196. The van der Waals surface area contributed by atoms with Crippen molar-refractivity contribution in [1.82, 2.24) is 0 Å². The van der Waals surface area contributed by atoms with Gasteiger partial charge in [-0.2, -0.15) is 0 Å². The zero-order valence-electron chi connectivity index (χ0n) is 8.56. The molecule has 0 spiro atoms. The van der Waals surface area contributed by atoms with Crippen LogP contribution >= 0.6 is 12.4 Å². The second-order valence-corrected chi connectivity index (χ2v) is 3.01. The van der Waals surface area contributed by atoms with Crippen molar-refractivity contribution in [3.63, 3.8) is 0 Å². The van der Waals surface area contributed by atoms with Gasteiger partial charge in [0.15, 0.2) is 0 Å². The van der Waals surface area contributed by atoms with E-state index in [-0.39, 0.29) is 18.2 Å². The molecule has 84 valence electrons. The van der Waals surface area contributed by atoms with Gasteiger partial charge in [0, 0.05) is 5.56 Å². The molecule has 0 saturated carbocycles. The van der Waals surface area contributed by atoms with Crippen molar-refractivity contribution in [3.05, 3.63) is 29.3 Å². The molecule has 0 amide bonds. The van der Waals surface area contributed by atoms with E-state index in [1.54, 1.807) is 25.1 Å². The largest absolute Gasteiger partial charge is 0.507 e. The molecule has 1 atom stereocenters. The summed E-state index contributed by atoms with van der Waals surface area (Å²) < 4.78 is 4.49. The minimum atomic E-state index is -0.931. The number of halogens is 1. The summed E-state index contributed by atoms with van der Waals surface area (Å²) in [6, 6.07) is 4.14. The third-order valence-corrected chi connectivity index (χ3v) is 2.06. The van der Waals surface area contributed by atoms with E-state index in [9.17, 15) is 9.90 Å². The standard InChI is InChI=1S/C10H13NO3.ClH/c1-6-4-3-5-7(9(6)12)8(11)10(13)14-2;/h3-5,8,12H,11H2,1-2H3;1H/t8-;/m1./s1. The first-order valence-corrected chi connectivity index (χ1v) is 4.19. The first-order chi connectivity index (χ1) is 6.57. The highest BCUT2D eigenvalue weighted by Crippen LogP contribution is 2.26. The molecule has 0 unspecified atom stereocenters. The molecule has 0 fully saturated rings. The van der Waals surface area contributed by atoms with Gasteiger partial charge >= 0.3 is 5.97 Å². The first-order valence-electron chi connectivity index (χ1n) is 4.19. The monoisotopic (exact) mass is 231 g/mol. The Morgan fingerprint density at radius 1 is 1.53 bits per heavy atom. The molecule has 0 aliphatic carbocycles. The van der Waals surface area contributed by atoms with Crippen molar-refractivity contribution in [2.24, 2.45) is 5.73 Å². The molecule has 0 bridgehead atoms. The highest BCUT2D eigenvalue weighted by atomic mass is 35.5. The van der Waals surface area contributed by atoms with Gasteiger partial charge in [0.25, 0.3) is 0 Å². The van der Waals surface area contributed by atoms with Crippen LogP contribution in [0.2, 0.25) is 0 Å². The molecule has 1 aromatic rings. The normalized spacial score (nSPS) is 11.4. The van der Waals surface area contributed by atoms with Crippen LogP contribution in [-0.2, 0) is 9.53 Å². The number of rotatable bonds is 2. The van der Waals surface area contributed by atoms with Crippen molar-refractivity contribution in [2.45, 2.75) is 13.0 Å². The third kappa shape index (κ3) is 2.84. The number of aryl methyl sites for hydroxylation is 1. The van der Waals surface area contributed by atoms with Crippen molar-refractivity contribution in [2.75, 3.05) is 7.11 Å². The van der Waals surface area contributed by atoms with E-state index in [0.29, 0.717) is 11.1 Å². The lowest BCUT2D eigenvalue weighted by molar-refractivity contribution is -0.142. The number of methoxy groups -OCH3 is 1. The average molecular weight is 232 g/mol. The highest BCUT2D eigenvalue weighted by molar-refractivity contribution is 5.85. The summed E-state index contributed by atoms with van der Waals surface area (Å²) in [5.74, 6) is -0.517. The molecule has 15 heavy (non-hydrogen) atoms. The van der Waals surface area contributed by atoms with Gasteiger partial charge < -0.3 is 15.6 Å². The van der Waals surface area contributed by atoms with Crippen LogP contribution in [-0.4, -0.2) is 18.2 Å². The van der Waals surface area contributed by atoms with Crippen molar-refractivity contribution >= 4 is 18.4 Å². The number of hydrogen-bond donors (Lipinski definition) is 2. The number of para-hydroxylation sites is 1. The number of benzene rings is 1. The van der Waals surface area contributed by atoms with Crippen LogP contribution in [0.15, 0.2) is 18.2 Å². The van der Waals surface area contributed by atoms with Crippen LogP contribution in [0.5, 0.6) is 5.75 Å². The number of carbonyl (C=O) groups excluding carboxylic acids is 1. The molecular formula is C10H14ClNO3. The number of esters is 1. The Hall–Kier alpha value is -1.26. The highest BCUT2D eigenvalue weighted by Gasteiger charge is 2.19. The quantitative estimate of drug-likeness (QED) is 0.753. The first kappa shape index (κ1) is 13.7. The SMILES string of the molecule is COC(=O)[C@H](N)c1cccc(C)c1O.Cl. The number of hydrogen-bond acceptors (Lipinski definition) is 4. The van der Waals surface area contributed by atoms with Crippen LogP contribution in [0.4, 0.5) is 0 Å². The molecule has 1 aromatic carbocycles. The number of phenols is 1. The lowest BCUT2D eigenvalue weighted by Crippen LogP contribution is -2.22. The summed E-state index contributed by atoms with van der Waals surface area (Å²) in [7, 11) is 1.26. The number of ether oxygens (including phenoxy) is 1. The Morgan fingerprint density at radius 3 is 2.67 bits per heavy atom. The molecule has 0 aliphatic heterocycles. The maximum atomic E-state index is 11.1. The van der Waals surface area contributed by atoms with E-state index >= 15 is 0 Å². The summed E-state index contributed by atoms with van der Waals surface area (Å²) in [6.45, 7) is 1.74. The van der Waals surface area contributed by atoms with Gasteiger partial charge in [0.05, 0.1) is 7.11 Å². The van der Waals surface area contributed by atoms with E-state index in [1.807, 2.05) is 0 Å². The lowest BCUT2D eigenvalue weighted by atomic mass is 10.0. The lowest BCUT2D eigenvalue weighted by Gasteiger charge is -2.12. The summed E-state index contributed by atoms with van der Waals surface area (Å²) in [4.78, 5) is 11.1. The summed E-state index contributed by atoms with van der Waals surface area (Å²) >= 11 is 0. The molecule has 1 rings (SSSR count). The molecule has 3 N–H and O–H groups in total. The number of phenolic OH excluding ortho intramolecular Hbond substituents is 1. The Labute approximate surface area is 94.5 Å². The molecule has 0 saturated heterocycles. The van der Waals surface area contributed by atoms with Gasteiger partial charge in [-0.3, -0.25) is 4.79 Å². The fourth-order valence-corrected chi connectivity index (χ4v) is 1.19. The zero-order valence-corrected chi connectivity index (χ0v) is 9.38. The molecule has 0 heterocycles. The number of nitrogens with two attached hydrogens (primary N) is 1.